The van der Waals surface area contributed by atoms with Gasteiger partial charge in [0.2, 0.25) is 20.9 Å². The summed E-state index contributed by atoms with van der Waals surface area (Å²) in [6.07, 6.45) is 1.95. The van der Waals surface area contributed by atoms with Gasteiger partial charge in [0.15, 0.2) is 0 Å². The molecule has 9 heteroatoms. The molecular formula is C23H35N3O5S. The van der Waals surface area contributed by atoms with Crippen LogP contribution in [0, 0.1) is 12.8 Å². The summed E-state index contributed by atoms with van der Waals surface area (Å²) in [6.45, 7) is 7.66. The maximum atomic E-state index is 13.2. The molecule has 0 aliphatic rings. The van der Waals surface area contributed by atoms with E-state index < -0.39 is 9.84 Å². The standard InChI is InChI=1S/C23H35N3O5S/c1-18(2)14-22(27)25(10-12-30-4)16-21-15-24-23(26(21)11-13-31-5)32(28,29)17-20-8-6-19(3)7-9-20/h6-9,15,18H,10-14,16-17H2,1-5H3. The van der Waals surface area contributed by atoms with Crippen molar-refractivity contribution >= 4 is 15.7 Å². The number of rotatable bonds is 13. The van der Waals surface area contributed by atoms with Gasteiger partial charge in [-0.25, -0.2) is 13.4 Å². The molecule has 0 saturated carbocycles. The van der Waals surface area contributed by atoms with Gasteiger partial charge in [-0.1, -0.05) is 43.7 Å². The fourth-order valence-corrected chi connectivity index (χ4v) is 4.84. The summed E-state index contributed by atoms with van der Waals surface area (Å²) in [5.41, 5.74) is 2.42. The fraction of sp³-hybridized carbons (Fsp3) is 0.565. The van der Waals surface area contributed by atoms with Crippen molar-refractivity contribution < 1.29 is 22.7 Å². The lowest BCUT2D eigenvalue weighted by Gasteiger charge is -2.24. The van der Waals surface area contributed by atoms with Gasteiger partial charge in [-0.15, -0.1) is 0 Å². The van der Waals surface area contributed by atoms with Gasteiger partial charge >= 0.3 is 0 Å². The number of amides is 1. The van der Waals surface area contributed by atoms with Crippen molar-refractivity contribution in [3.63, 3.8) is 0 Å². The topological polar surface area (TPSA) is 90.7 Å². The molecule has 1 aromatic carbocycles. The second-order valence-electron chi connectivity index (χ2n) is 8.33. The highest BCUT2D eigenvalue weighted by molar-refractivity contribution is 7.90. The highest BCUT2D eigenvalue weighted by Gasteiger charge is 2.25. The monoisotopic (exact) mass is 465 g/mol. The second-order valence-corrected chi connectivity index (χ2v) is 10.2. The number of hydrogen-bond donors (Lipinski definition) is 0. The highest BCUT2D eigenvalue weighted by Crippen LogP contribution is 2.20. The van der Waals surface area contributed by atoms with E-state index in [0.29, 0.717) is 44.0 Å². The van der Waals surface area contributed by atoms with Crippen LogP contribution in [0.15, 0.2) is 35.6 Å². The van der Waals surface area contributed by atoms with E-state index in [-0.39, 0.29) is 29.3 Å². The minimum absolute atomic E-state index is 0.000559. The SMILES string of the molecule is COCCN(Cc1cnc(S(=O)(=O)Cc2ccc(C)cc2)n1CCOC)C(=O)CC(C)C. The predicted molar refractivity (Wildman–Crippen MR) is 123 cm³/mol. The van der Waals surface area contributed by atoms with Gasteiger partial charge < -0.3 is 18.9 Å². The average molecular weight is 466 g/mol. The quantitative estimate of drug-likeness (QED) is 0.452. The number of nitrogens with zero attached hydrogens (tertiary/aromatic N) is 3. The smallest absolute Gasteiger partial charge is 0.228 e. The Hall–Kier alpha value is -2.23. The van der Waals surface area contributed by atoms with Gasteiger partial charge in [0, 0.05) is 33.7 Å². The molecule has 0 bridgehead atoms. The van der Waals surface area contributed by atoms with Crippen molar-refractivity contribution in [3.8, 4) is 0 Å². The van der Waals surface area contributed by atoms with E-state index in [1.54, 1.807) is 29.9 Å². The van der Waals surface area contributed by atoms with E-state index in [4.69, 9.17) is 9.47 Å². The Morgan fingerprint density at radius 1 is 1.12 bits per heavy atom. The average Bonchev–Trinajstić information content (AvgIpc) is 3.13. The molecule has 0 unspecified atom stereocenters. The Morgan fingerprint density at radius 3 is 2.38 bits per heavy atom. The summed E-state index contributed by atoms with van der Waals surface area (Å²) in [7, 11) is -0.540. The number of hydrogen-bond acceptors (Lipinski definition) is 6. The number of carbonyl (C=O) groups is 1. The lowest BCUT2D eigenvalue weighted by molar-refractivity contribution is -0.133. The zero-order valence-electron chi connectivity index (χ0n) is 19.7. The molecular weight excluding hydrogens is 430 g/mol. The largest absolute Gasteiger partial charge is 0.383 e. The summed E-state index contributed by atoms with van der Waals surface area (Å²) < 4.78 is 38.4. The first-order chi connectivity index (χ1) is 15.2. The van der Waals surface area contributed by atoms with Crippen molar-refractivity contribution in [1.82, 2.24) is 14.5 Å². The van der Waals surface area contributed by atoms with Gasteiger partial charge in [-0.2, -0.15) is 0 Å². The number of sulfone groups is 1. The van der Waals surface area contributed by atoms with Crippen molar-refractivity contribution in [2.75, 3.05) is 34.0 Å². The Kier molecular flexibility index (Phi) is 9.86. The molecule has 1 heterocycles. The van der Waals surface area contributed by atoms with Crippen molar-refractivity contribution in [1.29, 1.82) is 0 Å². The van der Waals surface area contributed by atoms with Crippen LogP contribution in [0.2, 0.25) is 0 Å². The summed E-state index contributed by atoms with van der Waals surface area (Å²) in [6, 6.07) is 7.41. The number of methoxy groups -OCH3 is 2. The van der Waals surface area contributed by atoms with Crippen LogP contribution >= 0.6 is 0 Å². The Morgan fingerprint density at radius 2 is 1.78 bits per heavy atom. The molecule has 1 aromatic heterocycles. The first-order valence-electron chi connectivity index (χ1n) is 10.8. The van der Waals surface area contributed by atoms with Gasteiger partial charge in [0.1, 0.15) is 0 Å². The molecule has 0 aliphatic carbocycles. The van der Waals surface area contributed by atoms with E-state index in [0.717, 1.165) is 5.56 Å². The van der Waals surface area contributed by atoms with Crippen molar-refractivity contribution in [2.24, 2.45) is 5.92 Å². The molecule has 2 aromatic rings. The van der Waals surface area contributed by atoms with E-state index in [1.165, 1.54) is 0 Å². The minimum atomic E-state index is -3.69. The van der Waals surface area contributed by atoms with Crippen LogP contribution in [0.1, 0.15) is 37.1 Å². The Balaban J connectivity index is 2.34. The first kappa shape index (κ1) is 26.0. The van der Waals surface area contributed by atoms with E-state index in [9.17, 15) is 13.2 Å². The van der Waals surface area contributed by atoms with Crippen molar-refractivity contribution in [3.05, 3.63) is 47.3 Å². The Bertz CT molecular complexity index is 968. The second kappa shape index (κ2) is 12.1. The number of benzene rings is 1. The third-order valence-electron chi connectivity index (χ3n) is 5.03. The molecule has 8 nitrogen and oxygen atoms in total. The lowest BCUT2D eigenvalue weighted by atomic mass is 10.1. The minimum Gasteiger partial charge on any atom is -0.383 e. The number of aromatic nitrogens is 2. The van der Waals surface area contributed by atoms with E-state index in [2.05, 4.69) is 4.98 Å². The van der Waals surface area contributed by atoms with E-state index in [1.807, 2.05) is 45.0 Å². The van der Waals surface area contributed by atoms with E-state index >= 15 is 0 Å². The highest BCUT2D eigenvalue weighted by atomic mass is 32.2. The summed E-state index contributed by atoms with van der Waals surface area (Å²) in [4.78, 5) is 18.7. The zero-order valence-corrected chi connectivity index (χ0v) is 20.5. The maximum absolute atomic E-state index is 13.2. The van der Waals surface area contributed by atoms with Crippen LogP contribution in [0.5, 0.6) is 0 Å². The third kappa shape index (κ3) is 7.43. The van der Waals surface area contributed by atoms with Crippen LogP contribution in [-0.4, -0.2) is 62.8 Å². The molecule has 0 spiro atoms. The van der Waals surface area contributed by atoms with Gasteiger partial charge in [0.25, 0.3) is 0 Å². The van der Waals surface area contributed by atoms with Crippen LogP contribution in [0.25, 0.3) is 0 Å². The van der Waals surface area contributed by atoms with Crippen LogP contribution < -0.4 is 0 Å². The number of ether oxygens (including phenoxy) is 2. The molecule has 0 saturated heterocycles. The molecule has 0 N–H and O–H groups in total. The summed E-state index contributed by atoms with van der Waals surface area (Å²) >= 11 is 0. The molecule has 178 valence electrons. The van der Waals surface area contributed by atoms with Crippen LogP contribution in [-0.2, 0) is 42.9 Å². The lowest BCUT2D eigenvalue weighted by Crippen LogP contribution is -2.35. The maximum Gasteiger partial charge on any atom is 0.228 e. The summed E-state index contributed by atoms with van der Waals surface area (Å²) in [5, 5.41) is -0.00637. The molecule has 2 rings (SSSR count). The first-order valence-corrected chi connectivity index (χ1v) is 12.4. The zero-order chi connectivity index (χ0) is 23.7. The predicted octanol–water partition coefficient (Wildman–Crippen LogP) is 2.83. The molecule has 32 heavy (non-hydrogen) atoms. The number of imidazole rings is 1. The molecule has 0 fully saturated rings. The Labute approximate surface area is 191 Å². The molecule has 0 aliphatic heterocycles. The van der Waals surface area contributed by atoms with Crippen molar-refractivity contribution in [2.45, 2.75) is 51.2 Å². The van der Waals surface area contributed by atoms with Gasteiger partial charge in [-0.05, 0) is 18.4 Å². The fourth-order valence-electron chi connectivity index (χ4n) is 3.32. The third-order valence-corrected chi connectivity index (χ3v) is 6.63. The van der Waals surface area contributed by atoms with Gasteiger partial charge in [-0.3, -0.25) is 4.79 Å². The summed E-state index contributed by atoms with van der Waals surface area (Å²) in [5.74, 6) is 0.0770. The normalized spacial score (nSPS) is 11.8. The van der Waals surface area contributed by atoms with Crippen LogP contribution in [0.3, 0.4) is 0 Å². The molecule has 0 radical (unpaired) electrons. The number of carbonyl (C=O) groups excluding carboxylic acids is 1. The molecule has 0 atom stereocenters. The molecule has 1 amide bonds. The van der Waals surface area contributed by atoms with Gasteiger partial charge in [0.05, 0.1) is 37.4 Å². The van der Waals surface area contributed by atoms with Crippen LogP contribution in [0.4, 0.5) is 0 Å². The number of aryl methyl sites for hydroxylation is 1.